The number of piperidine rings is 1. The highest BCUT2D eigenvalue weighted by Crippen LogP contribution is 2.32. The zero-order valence-corrected chi connectivity index (χ0v) is 13.8. The first-order valence-electron chi connectivity index (χ1n) is 8.51. The van der Waals surface area contributed by atoms with Crippen LogP contribution >= 0.6 is 11.6 Å². The van der Waals surface area contributed by atoms with E-state index >= 15 is 0 Å². The average molecular weight is 307 g/mol. The molecule has 0 aromatic heterocycles. The summed E-state index contributed by atoms with van der Waals surface area (Å²) in [6.45, 7) is 5.98. The molecule has 116 valence electrons. The van der Waals surface area contributed by atoms with E-state index in [1.165, 1.54) is 50.9 Å². The smallest absolute Gasteiger partial charge is 0.0409 e. The Morgan fingerprint density at radius 3 is 2.95 bits per heavy atom. The summed E-state index contributed by atoms with van der Waals surface area (Å²) in [5, 5.41) is 4.56. The van der Waals surface area contributed by atoms with Crippen molar-refractivity contribution in [2.45, 2.75) is 51.1 Å². The Hall–Kier alpha value is -0.570. The number of halogens is 1. The van der Waals surface area contributed by atoms with Gasteiger partial charge in [-0.3, -0.25) is 4.90 Å². The molecule has 2 aliphatic rings. The highest BCUT2D eigenvalue weighted by atomic mass is 35.5. The molecule has 3 rings (SSSR count). The standard InChI is InChI=1S/C18H27ClN2/c1-2-18(14-6-3-8-16(19)12-14)21-11-5-7-15(13-21)17-9-4-10-20-17/h3,6,8,12,15,17-18,20H,2,4-5,7,9-11,13H2,1H3. The van der Waals surface area contributed by atoms with Crippen LogP contribution in [0.25, 0.3) is 0 Å². The first kappa shape index (κ1) is 15.3. The summed E-state index contributed by atoms with van der Waals surface area (Å²) in [7, 11) is 0. The fourth-order valence-electron chi connectivity index (χ4n) is 4.18. The van der Waals surface area contributed by atoms with Crippen LogP contribution in [-0.2, 0) is 0 Å². The minimum Gasteiger partial charge on any atom is -0.314 e. The number of likely N-dealkylation sites (tertiary alicyclic amines) is 1. The van der Waals surface area contributed by atoms with Crippen LogP contribution in [0.1, 0.15) is 50.6 Å². The molecular weight excluding hydrogens is 280 g/mol. The lowest BCUT2D eigenvalue weighted by molar-refractivity contribution is 0.104. The van der Waals surface area contributed by atoms with Crippen molar-refractivity contribution in [2.75, 3.05) is 19.6 Å². The van der Waals surface area contributed by atoms with Gasteiger partial charge in [0, 0.05) is 23.7 Å². The van der Waals surface area contributed by atoms with Gasteiger partial charge in [0.2, 0.25) is 0 Å². The van der Waals surface area contributed by atoms with Crippen molar-refractivity contribution in [1.82, 2.24) is 10.2 Å². The maximum absolute atomic E-state index is 6.19. The van der Waals surface area contributed by atoms with E-state index in [-0.39, 0.29) is 0 Å². The van der Waals surface area contributed by atoms with Crippen LogP contribution in [0, 0.1) is 5.92 Å². The SMILES string of the molecule is CCC(c1cccc(Cl)c1)N1CCCC(C2CCCN2)C1. The molecule has 1 N–H and O–H groups in total. The van der Waals surface area contributed by atoms with Gasteiger partial charge in [0.25, 0.3) is 0 Å². The second kappa shape index (κ2) is 7.13. The van der Waals surface area contributed by atoms with Crippen molar-refractivity contribution in [2.24, 2.45) is 5.92 Å². The van der Waals surface area contributed by atoms with E-state index in [4.69, 9.17) is 11.6 Å². The summed E-state index contributed by atoms with van der Waals surface area (Å²) in [5.41, 5.74) is 1.38. The van der Waals surface area contributed by atoms with Crippen LogP contribution in [0.3, 0.4) is 0 Å². The first-order valence-corrected chi connectivity index (χ1v) is 8.88. The molecule has 0 amide bonds. The lowest BCUT2D eigenvalue weighted by atomic mass is 9.88. The Morgan fingerprint density at radius 1 is 1.33 bits per heavy atom. The van der Waals surface area contributed by atoms with Gasteiger partial charge in [0.05, 0.1) is 0 Å². The zero-order valence-electron chi connectivity index (χ0n) is 13.0. The number of benzene rings is 1. The molecule has 1 aromatic carbocycles. The van der Waals surface area contributed by atoms with Gasteiger partial charge in [-0.2, -0.15) is 0 Å². The minimum absolute atomic E-state index is 0.521. The Balaban J connectivity index is 1.71. The second-order valence-electron chi connectivity index (χ2n) is 6.58. The predicted molar refractivity (Wildman–Crippen MR) is 89.8 cm³/mol. The molecule has 3 atom stereocenters. The van der Waals surface area contributed by atoms with Crippen molar-refractivity contribution < 1.29 is 0 Å². The quantitative estimate of drug-likeness (QED) is 0.894. The normalized spacial score (nSPS) is 28.7. The molecule has 3 unspecified atom stereocenters. The zero-order chi connectivity index (χ0) is 14.7. The van der Waals surface area contributed by atoms with Crippen molar-refractivity contribution in [1.29, 1.82) is 0 Å². The van der Waals surface area contributed by atoms with Crippen LogP contribution < -0.4 is 5.32 Å². The van der Waals surface area contributed by atoms with Crippen molar-refractivity contribution >= 4 is 11.6 Å². The third-order valence-electron chi connectivity index (χ3n) is 5.22. The molecule has 0 saturated carbocycles. The van der Waals surface area contributed by atoms with E-state index in [9.17, 15) is 0 Å². The molecule has 21 heavy (non-hydrogen) atoms. The van der Waals surface area contributed by atoms with Crippen molar-refractivity contribution in [3.05, 3.63) is 34.9 Å². The Morgan fingerprint density at radius 2 is 2.24 bits per heavy atom. The number of rotatable bonds is 4. The Kier molecular flexibility index (Phi) is 5.20. The fraction of sp³-hybridized carbons (Fsp3) is 0.667. The van der Waals surface area contributed by atoms with Gasteiger partial charge in [-0.05, 0) is 68.8 Å². The summed E-state index contributed by atoms with van der Waals surface area (Å²) in [5.74, 6) is 0.828. The molecule has 2 fully saturated rings. The number of nitrogens with one attached hydrogen (secondary N) is 1. The van der Waals surface area contributed by atoms with Gasteiger partial charge in [0.15, 0.2) is 0 Å². The maximum atomic E-state index is 6.19. The van der Waals surface area contributed by atoms with Crippen LogP contribution in [0.4, 0.5) is 0 Å². The summed E-state index contributed by atoms with van der Waals surface area (Å²) >= 11 is 6.19. The lowest BCUT2D eigenvalue weighted by Gasteiger charge is -2.40. The first-order chi connectivity index (χ1) is 10.3. The predicted octanol–water partition coefficient (Wildman–Crippen LogP) is 4.26. The van der Waals surface area contributed by atoms with Crippen LogP contribution in [-0.4, -0.2) is 30.6 Å². The highest BCUT2D eigenvalue weighted by Gasteiger charge is 2.31. The molecule has 3 heteroatoms. The molecule has 0 radical (unpaired) electrons. The van der Waals surface area contributed by atoms with E-state index < -0.39 is 0 Å². The summed E-state index contributed by atoms with van der Waals surface area (Å²) < 4.78 is 0. The van der Waals surface area contributed by atoms with Crippen LogP contribution in [0.5, 0.6) is 0 Å². The molecule has 1 aromatic rings. The Bertz CT molecular complexity index is 456. The molecule has 0 bridgehead atoms. The van der Waals surface area contributed by atoms with Gasteiger partial charge in [-0.25, -0.2) is 0 Å². The van der Waals surface area contributed by atoms with Gasteiger partial charge in [-0.1, -0.05) is 30.7 Å². The van der Waals surface area contributed by atoms with E-state index in [0.29, 0.717) is 6.04 Å². The highest BCUT2D eigenvalue weighted by molar-refractivity contribution is 6.30. The second-order valence-corrected chi connectivity index (χ2v) is 7.02. The van der Waals surface area contributed by atoms with Crippen molar-refractivity contribution in [3.63, 3.8) is 0 Å². The minimum atomic E-state index is 0.521. The van der Waals surface area contributed by atoms with Gasteiger partial charge < -0.3 is 5.32 Å². The van der Waals surface area contributed by atoms with Gasteiger partial charge in [0.1, 0.15) is 0 Å². The molecular formula is C18H27ClN2. The number of hydrogen-bond donors (Lipinski definition) is 1. The van der Waals surface area contributed by atoms with E-state index in [0.717, 1.165) is 23.4 Å². The monoisotopic (exact) mass is 306 g/mol. The topological polar surface area (TPSA) is 15.3 Å². The Labute approximate surface area is 133 Å². The van der Waals surface area contributed by atoms with E-state index in [2.05, 4.69) is 35.3 Å². The molecule has 2 heterocycles. The molecule has 0 spiro atoms. The molecule has 2 nitrogen and oxygen atoms in total. The van der Waals surface area contributed by atoms with Crippen LogP contribution in [0.15, 0.2) is 24.3 Å². The van der Waals surface area contributed by atoms with E-state index in [1.807, 2.05) is 6.07 Å². The third kappa shape index (κ3) is 3.61. The fourth-order valence-corrected chi connectivity index (χ4v) is 4.38. The van der Waals surface area contributed by atoms with Gasteiger partial charge >= 0.3 is 0 Å². The maximum Gasteiger partial charge on any atom is 0.0409 e. The van der Waals surface area contributed by atoms with E-state index in [1.54, 1.807) is 0 Å². The summed E-state index contributed by atoms with van der Waals surface area (Å²) in [6.07, 6.45) is 6.60. The summed E-state index contributed by atoms with van der Waals surface area (Å²) in [4.78, 5) is 2.69. The molecule has 2 aliphatic heterocycles. The third-order valence-corrected chi connectivity index (χ3v) is 5.45. The average Bonchev–Trinajstić information content (AvgIpc) is 3.03. The van der Waals surface area contributed by atoms with Crippen molar-refractivity contribution in [3.8, 4) is 0 Å². The molecule has 2 saturated heterocycles. The van der Waals surface area contributed by atoms with Gasteiger partial charge in [-0.15, -0.1) is 0 Å². The largest absolute Gasteiger partial charge is 0.314 e. The molecule has 0 aliphatic carbocycles. The summed E-state index contributed by atoms with van der Waals surface area (Å²) in [6, 6.07) is 9.71. The number of nitrogens with zero attached hydrogens (tertiary/aromatic N) is 1. The van der Waals surface area contributed by atoms with Crippen LogP contribution in [0.2, 0.25) is 5.02 Å². The lowest BCUT2D eigenvalue weighted by Crippen LogP contribution is -2.44. The number of hydrogen-bond acceptors (Lipinski definition) is 2.